The first-order valence-electron chi connectivity index (χ1n) is 9.71. The van der Waals surface area contributed by atoms with Crippen LogP contribution in [-0.2, 0) is 35.5 Å². The largest absolute Gasteiger partial charge is 0.358 e. The van der Waals surface area contributed by atoms with Crippen molar-refractivity contribution in [2.45, 2.75) is 51.7 Å². The highest BCUT2D eigenvalue weighted by Crippen LogP contribution is 2.24. The Hall–Kier alpha value is -2.74. The normalized spacial score (nSPS) is 16.4. The maximum atomic E-state index is 12.4. The molecule has 0 fully saturated rings. The lowest BCUT2D eigenvalue weighted by Crippen LogP contribution is -2.49. The summed E-state index contributed by atoms with van der Waals surface area (Å²) in [6, 6.07) is 7.82. The molecule has 0 saturated heterocycles. The lowest BCUT2D eigenvalue weighted by atomic mass is 9.93. The van der Waals surface area contributed by atoms with Crippen molar-refractivity contribution in [2.75, 3.05) is 13.6 Å². The highest BCUT2D eigenvalue weighted by Gasteiger charge is 2.32. The number of hydrogen-bond donors (Lipinski definition) is 2. The first-order valence-corrected chi connectivity index (χ1v) is 9.71. The van der Waals surface area contributed by atoms with Crippen LogP contribution < -0.4 is 10.6 Å². The number of carbonyl (C=O) groups is 2. The molecular weight excluding hydrogens is 358 g/mol. The highest BCUT2D eigenvalue weighted by atomic mass is 16.5. The van der Waals surface area contributed by atoms with Gasteiger partial charge in [-0.1, -0.05) is 42.8 Å². The van der Waals surface area contributed by atoms with Gasteiger partial charge in [0, 0.05) is 20.1 Å². The summed E-state index contributed by atoms with van der Waals surface area (Å²) in [5.74, 6) is 0.614. The molecule has 0 bridgehead atoms. The summed E-state index contributed by atoms with van der Waals surface area (Å²) in [6.45, 7) is 3.71. The molecule has 28 heavy (non-hydrogen) atoms. The number of benzene rings is 1. The third-order valence-electron chi connectivity index (χ3n) is 4.91. The summed E-state index contributed by atoms with van der Waals surface area (Å²) in [5.41, 5.74) is 2.38. The Labute approximate surface area is 164 Å². The standard InChI is InChI=1S/C20H27N5O3/c1-3-4-9-22-18(26)11-17-23-19(28-24-17)13-25-12-15-8-6-5-7-14(15)10-16(25)20(27)21-2/h5-8,16H,3-4,9-13H2,1-2H3,(H,21,27)(H,22,26)/t16-/m1/s1. The number of hydrogen-bond acceptors (Lipinski definition) is 6. The van der Waals surface area contributed by atoms with Gasteiger partial charge in [-0.2, -0.15) is 4.98 Å². The van der Waals surface area contributed by atoms with Crippen LogP contribution in [0.25, 0.3) is 0 Å². The summed E-state index contributed by atoms with van der Waals surface area (Å²) in [6.07, 6.45) is 2.70. The molecule has 1 atom stereocenters. The maximum Gasteiger partial charge on any atom is 0.240 e. The molecule has 1 aromatic heterocycles. The second-order valence-corrected chi connectivity index (χ2v) is 6.99. The number of aromatic nitrogens is 2. The zero-order valence-electron chi connectivity index (χ0n) is 16.4. The molecule has 0 radical (unpaired) electrons. The average Bonchev–Trinajstić information content (AvgIpc) is 3.13. The summed E-state index contributed by atoms with van der Waals surface area (Å²) < 4.78 is 5.33. The first-order chi connectivity index (χ1) is 13.6. The average molecular weight is 385 g/mol. The molecule has 3 rings (SSSR count). The zero-order chi connectivity index (χ0) is 19.9. The Morgan fingerprint density at radius 2 is 2.07 bits per heavy atom. The zero-order valence-corrected chi connectivity index (χ0v) is 16.4. The molecule has 150 valence electrons. The number of unbranched alkanes of at least 4 members (excludes halogenated alkanes) is 1. The van der Waals surface area contributed by atoms with Gasteiger partial charge in [-0.25, -0.2) is 0 Å². The second-order valence-electron chi connectivity index (χ2n) is 6.99. The van der Waals surface area contributed by atoms with Crippen molar-refractivity contribution >= 4 is 11.8 Å². The van der Waals surface area contributed by atoms with Crippen LogP contribution in [0.2, 0.25) is 0 Å². The van der Waals surface area contributed by atoms with Crippen LogP contribution >= 0.6 is 0 Å². The van der Waals surface area contributed by atoms with E-state index in [0.29, 0.717) is 37.8 Å². The van der Waals surface area contributed by atoms with E-state index in [4.69, 9.17) is 4.52 Å². The van der Waals surface area contributed by atoms with E-state index in [0.717, 1.165) is 12.8 Å². The fraction of sp³-hybridized carbons (Fsp3) is 0.500. The van der Waals surface area contributed by atoms with Crippen molar-refractivity contribution in [1.29, 1.82) is 0 Å². The van der Waals surface area contributed by atoms with Crippen LogP contribution in [0.4, 0.5) is 0 Å². The minimum absolute atomic E-state index is 0.0375. The van der Waals surface area contributed by atoms with Gasteiger partial charge in [0.2, 0.25) is 17.7 Å². The van der Waals surface area contributed by atoms with Gasteiger partial charge in [-0.05, 0) is 24.0 Å². The molecule has 1 aromatic carbocycles. The van der Waals surface area contributed by atoms with Crippen LogP contribution in [0.15, 0.2) is 28.8 Å². The van der Waals surface area contributed by atoms with E-state index in [1.807, 2.05) is 17.0 Å². The van der Waals surface area contributed by atoms with E-state index in [1.165, 1.54) is 11.1 Å². The van der Waals surface area contributed by atoms with E-state index < -0.39 is 0 Å². The molecule has 2 heterocycles. The maximum absolute atomic E-state index is 12.4. The van der Waals surface area contributed by atoms with Crippen molar-refractivity contribution in [2.24, 2.45) is 0 Å². The summed E-state index contributed by atoms with van der Waals surface area (Å²) in [4.78, 5) is 30.7. The van der Waals surface area contributed by atoms with Gasteiger partial charge in [0.1, 0.15) is 0 Å². The van der Waals surface area contributed by atoms with E-state index in [1.54, 1.807) is 7.05 Å². The number of nitrogens with zero attached hydrogens (tertiary/aromatic N) is 3. The first kappa shape index (κ1) is 20.0. The van der Waals surface area contributed by atoms with Crippen molar-refractivity contribution in [3.05, 3.63) is 47.1 Å². The summed E-state index contributed by atoms with van der Waals surface area (Å²) in [5, 5.41) is 9.49. The fourth-order valence-corrected chi connectivity index (χ4v) is 3.38. The number of nitrogens with one attached hydrogen (secondary N) is 2. The molecule has 2 aromatic rings. The van der Waals surface area contributed by atoms with E-state index in [-0.39, 0.29) is 24.3 Å². The lowest BCUT2D eigenvalue weighted by molar-refractivity contribution is -0.127. The van der Waals surface area contributed by atoms with Crippen LogP contribution in [0.5, 0.6) is 0 Å². The van der Waals surface area contributed by atoms with Gasteiger partial charge in [0.25, 0.3) is 0 Å². The Morgan fingerprint density at radius 1 is 1.29 bits per heavy atom. The Bertz CT molecular complexity index is 820. The second kappa shape index (κ2) is 9.45. The summed E-state index contributed by atoms with van der Waals surface area (Å²) in [7, 11) is 1.64. The van der Waals surface area contributed by atoms with Crippen LogP contribution in [0, 0.1) is 0 Å². The molecule has 0 saturated carbocycles. The number of rotatable bonds is 8. The molecule has 0 spiro atoms. The van der Waals surface area contributed by atoms with Crippen LogP contribution in [-0.4, -0.2) is 46.5 Å². The van der Waals surface area contributed by atoms with Gasteiger partial charge in [-0.3, -0.25) is 14.5 Å². The fourth-order valence-electron chi connectivity index (χ4n) is 3.38. The van der Waals surface area contributed by atoms with Crippen molar-refractivity contribution in [3.8, 4) is 0 Å². The van der Waals surface area contributed by atoms with Crippen LogP contribution in [0.3, 0.4) is 0 Å². The molecule has 0 aliphatic carbocycles. The van der Waals surface area contributed by atoms with E-state index in [9.17, 15) is 9.59 Å². The molecule has 2 N–H and O–H groups in total. The predicted octanol–water partition coefficient (Wildman–Crippen LogP) is 1.20. The quantitative estimate of drug-likeness (QED) is 0.663. The summed E-state index contributed by atoms with van der Waals surface area (Å²) >= 11 is 0. The molecule has 8 nitrogen and oxygen atoms in total. The van der Waals surface area contributed by atoms with Gasteiger partial charge in [0.15, 0.2) is 5.82 Å². The van der Waals surface area contributed by atoms with E-state index in [2.05, 4.69) is 39.8 Å². The highest BCUT2D eigenvalue weighted by molar-refractivity contribution is 5.82. The van der Waals surface area contributed by atoms with Gasteiger partial charge in [-0.15, -0.1) is 0 Å². The predicted molar refractivity (Wildman–Crippen MR) is 103 cm³/mol. The number of likely N-dealkylation sites (N-methyl/N-ethyl adjacent to an activating group) is 1. The van der Waals surface area contributed by atoms with Crippen molar-refractivity contribution < 1.29 is 14.1 Å². The van der Waals surface area contributed by atoms with Crippen molar-refractivity contribution in [1.82, 2.24) is 25.7 Å². The van der Waals surface area contributed by atoms with Crippen LogP contribution in [0.1, 0.15) is 42.6 Å². The van der Waals surface area contributed by atoms with Crippen molar-refractivity contribution in [3.63, 3.8) is 0 Å². The number of fused-ring (bicyclic) bond motifs is 1. The molecule has 2 amide bonds. The molecule has 8 heteroatoms. The number of amides is 2. The Kier molecular flexibility index (Phi) is 6.76. The monoisotopic (exact) mass is 385 g/mol. The lowest BCUT2D eigenvalue weighted by Gasteiger charge is -2.34. The third kappa shape index (κ3) is 4.95. The Morgan fingerprint density at radius 3 is 2.82 bits per heavy atom. The minimum atomic E-state index is -0.299. The topological polar surface area (TPSA) is 100 Å². The molecule has 1 aliphatic heterocycles. The number of carbonyl (C=O) groups excluding carboxylic acids is 2. The van der Waals surface area contributed by atoms with Gasteiger partial charge >= 0.3 is 0 Å². The van der Waals surface area contributed by atoms with Gasteiger partial charge < -0.3 is 15.2 Å². The van der Waals surface area contributed by atoms with E-state index >= 15 is 0 Å². The molecule has 0 unspecified atom stereocenters. The smallest absolute Gasteiger partial charge is 0.240 e. The molecular formula is C20H27N5O3. The minimum Gasteiger partial charge on any atom is -0.358 e. The van der Waals surface area contributed by atoms with Gasteiger partial charge in [0.05, 0.1) is 19.0 Å². The molecule has 1 aliphatic rings. The third-order valence-corrected chi connectivity index (χ3v) is 4.91. The SMILES string of the molecule is CCCCNC(=O)Cc1noc(CN2Cc3ccccc3C[C@@H]2C(=O)NC)n1. The Balaban J connectivity index is 1.65.